The van der Waals surface area contributed by atoms with E-state index in [4.69, 9.17) is 19.9 Å². The summed E-state index contributed by atoms with van der Waals surface area (Å²) in [6, 6.07) is 5.92. The number of benzene rings is 1. The van der Waals surface area contributed by atoms with E-state index in [9.17, 15) is 4.79 Å². The second-order valence-corrected chi connectivity index (χ2v) is 6.64. The molecule has 1 unspecified atom stereocenters. The van der Waals surface area contributed by atoms with Gasteiger partial charge in [-0.05, 0) is 30.5 Å². The van der Waals surface area contributed by atoms with Crippen molar-refractivity contribution in [3.8, 4) is 11.5 Å². The van der Waals surface area contributed by atoms with Gasteiger partial charge in [-0.15, -0.1) is 24.8 Å². The molecule has 154 valence electrons. The van der Waals surface area contributed by atoms with Gasteiger partial charge in [-0.2, -0.15) is 0 Å². The van der Waals surface area contributed by atoms with E-state index >= 15 is 0 Å². The molecule has 0 radical (unpaired) electrons. The van der Waals surface area contributed by atoms with Crippen molar-refractivity contribution in [2.75, 3.05) is 47.1 Å². The number of hydrogen-bond acceptors (Lipinski definition) is 6. The molecular weight excluding hydrogens is 393 g/mol. The van der Waals surface area contributed by atoms with Gasteiger partial charge in [-0.25, -0.2) is 0 Å². The Morgan fingerprint density at radius 1 is 1.22 bits per heavy atom. The molecule has 1 amide bonds. The van der Waals surface area contributed by atoms with Gasteiger partial charge in [0.15, 0.2) is 11.5 Å². The summed E-state index contributed by atoms with van der Waals surface area (Å²) in [5.74, 6) is 1.31. The molecule has 1 aromatic carbocycles. The van der Waals surface area contributed by atoms with Crippen molar-refractivity contribution in [2.24, 2.45) is 5.73 Å². The third-order valence-electron chi connectivity index (χ3n) is 4.98. The summed E-state index contributed by atoms with van der Waals surface area (Å²) in [5, 5.41) is 3.03. The van der Waals surface area contributed by atoms with Gasteiger partial charge in [0.2, 0.25) is 5.91 Å². The van der Waals surface area contributed by atoms with Crippen molar-refractivity contribution in [2.45, 2.75) is 24.4 Å². The zero-order chi connectivity index (χ0) is 17.9. The highest BCUT2D eigenvalue weighted by molar-refractivity contribution is 5.89. The quantitative estimate of drug-likeness (QED) is 0.693. The standard InChI is InChI=1S/C18H27N3O4.2ClH/c1-23-15-4-3-13(11-16(15)24-2)14(21-7-9-25-10-8-21)12-20-17(22)18(19)5-6-18;;/h3-4,11,14H,5-10,12,19H2,1-2H3,(H,20,22);2*1H. The first-order chi connectivity index (χ1) is 12.1. The number of amides is 1. The van der Waals surface area contributed by atoms with Crippen molar-refractivity contribution in [1.82, 2.24) is 10.2 Å². The van der Waals surface area contributed by atoms with Crippen LogP contribution in [0.25, 0.3) is 0 Å². The number of rotatable bonds is 7. The van der Waals surface area contributed by atoms with E-state index in [-0.39, 0.29) is 36.8 Å². The molecule has 0 aromatic heterocycles. The highest BCUT2D eigenvalue weighted by atomic mass is 35.5. The third-order valence-corrected chi connectivity index (χ3v) is 4.98. The van der Waals surface area contributed by atoms with Crippen molar-refractivity contribution in [1.29, 1.82) is 0 Å². The number of carbonyl (C=O) groups is 1. The normalized spacial score (nSPS) is 19.1. The lowest BCUT2D eigenvalue weighted by molar-refractivity contribution is -0.123. The zero-order valence-electron chi connectivity index (χ0n) is 15.7. The number of hydrogen-bond donors (Lipinski definition) is 2. The minimum atomic E-state index is -0.660. The van der Waals surface area contributed by atoms with Crippen molar-refractivity contribution < 1.29 is 19.0 Å². The van der Waals surface area contributed by atoms with E-state index in [1.54, 1.807) is 14.2 Å². The molecule has 3 rings (SSSR count). The average molecular weight is 422 g/mol. The molecule has 1 aliphatic carbocycles. The van der Waals surface area contributed by atoms with E-state index < -0.39 is 5.54 Å². The molecule has 0 bridgehead atoms. The summed E-state index contributed by atoms with van der Waals surface area (Å²) in [7, 11) is 3.24. The molecule has 1 heterocycles. The van der Waals surface area contributed by atoms with Gasteiger partial charge >= 0.3 is 0 Å². The van der Waals surface area contributed by atoms with Gasteiger partial charge in [0.25, 0.3) is 0 Å². The summed E-state index contributed by atoms with van der Waals surface area (Å²) in [4.78, 5) is 14.6. The Labute approximate surface area is 172 Å². The van der Waals surface area contributed by atoms with Gasteiger partial charge in [0.1, 0.15) is 0 Å². The first-order valence-corrected chi connectivity index (χ1v) is 8.68. The molecule has 1 saturated heterocycles. The van der Waals surface area contributed by atoms with Gasteiger partial charge in [0.05, 0.1) is 39.0 Å². The first kappa shape index (κ1) is 23.8. The fourth-order valence-electron chi connectivity index (χ4n) is 3.13. The fourth-order valence-corrected chi connectivity index (χ4v) is 3.13. The molecule has 1 aromatic rings. The monoisotopic (exact) mass is 421 g/mol. The molecule has 27 heavy (non-hydrogen) atoms. The number of morpholine rings is 1. The number of nitrogens with zero attached hydrogens (tertiary/aromatic N) is 1. The largest absolute Gasteiger partial charge is 0.493 e. The van der Waals surface area contributed by atoms with E-state index in [0.29, 0.717) is 31.3 Å². The third kappa shape index (κ3) is 5.62. The second kappa shape index (κ2) is 10.3. The van der Waals surface area contributed by atoms with Crippen LogP contribution in [0.5, 0.6) is 11.5 Å². The summed E-state index contributed by atoms with van der Waals surface area (Å²) in [5.41, 5.74) is 6.41. The van der Waals surface area contributed by atoms with Crippen LogP contribution in [0.2, 0.25) is 0 Å². The first-order valence-electron chi connectivity index (χ1n) is 8.68. The van der Waals surface area contributed by atoms with Crippen molar-refractivity contribution in [3.05, 3.63) is 23.8 Å². The van der Waals surface area contributed by atoms with Gasteiger partial charge in [-0.3, -0.25) is 9.69 Å². The van der Waals surface area contributed by atoms with Crippen LogP contribution in [0.4, 0.5) is 0 Å². The van der Waals surface area contributed by atoms with E-state index in [1.165, 1.54) is 0 Å². The van der Waals surface area contributed by atoms with Crippen LogP contribution < -0.4 is 20.5 Å². The molecule has 7 nitrogen and oxygen atoms in total. The van der Waals surface area contributed by atoms with Crippen LogP contribution in [-0.4, -0.2) is 63.4 Å². The van der Waals surface area contributed by atoms with E-state index in [0.717, 1.165) is 31.5 Å². The van der Waals surface area contributed by atoms with Gasteiger partial charge in [0, 0.05) is 19.6 Å². The van der Waals surface area contributed by atoms with Crippen molar-refractivity contribution in [3.63, 3.8) is 0 Å². The maximum Gasteiger partial charge on any atom is 0.240 e. The summed E-state index contributed by atoms with van der Waals surface area (Å²) in [6.45, 7) is 3.54. The lowest BCUT2D eigenvalue weighted by Crippen LogP contribution is -2.48. The summed E-state index contributed by atoms with van der Waals surface area (Å²) >= 11 is 0. The number of halogens is 2. The van der Waals surface area contributed by atoms with Gasteiger partial charge < -0.3 is 25.3 Å². The molecule has 9 heteroatoms. The van der Waals surface area contributed by atoms with Crippen molar-refractivity contribution >= 4 is 30.7 Å². The molecular formula is C18H29Cl2N3O4. The predicted octanol–water partition coefficient (Wildman–Crippen LogP) is 1.53. The molecule has 0 spiro atoms. The average Bonchev–Trinajstić information content (AvgIpc) is 3.41. The Kier molecular flexibility index (Phi) is 9.11. The SMILES string of the molecule is COc1ccc(C(CNC(=O)C2(N)CC2)N2CCOCC2)cc1OC.Cl.Cl. The number of methoxy groups -OCH3 is 2. The smallest absolute Gasteiger partial charge is 0.240 e. The Bertz CT molecular complexity index is 623. The minimum Gasteiger partial charge on any atom is -0.493 e. The maximum absolute atomic E-state index is 12.2. The molecule has 2 fully saturated rings. The molecule has 1 atom stereocenters. The Hall–Kier alpha value is -1.25. The van der Waals surface area contributed by atoms with Crippen LogP contribution in [0.3, 0.4) is 0 Å². The van der Waals surface area contributed by atoms with Crippen LogP contribution in [0.1, 0.15) is 24.4 Å². The molecule has 1 saturated carbocycles. The molecule has 3 N–H and O–H groups in total. The Balaban J connectivity index is 0.00000182. The summed E-state index contributed by atoms with van der Waals surface area (Å²) in [6.07, 6.45) is 1.52. The second-order valence-electron chi connectivity index (χ2n) is 6.64. The summed E-state index contributed by atoms with van der Waals surface area (Å²) < 4.78 is 16.2. The topological polar surface area (TPSA) is 86.0 Å². The Morgan fingerprint density at radius 2 is 1.85 bits per heavy atom. The number of carbonyl (C=O) groups excluding carboxylic acids is 1. The number of ether oxygens (including phenoxy) is 3. The van der Waals surface area contributed by atoms with Crippen LogP contribution in [0, 0.1) is 0 Å². The Morgan fingerprint density at radius 3 is 2.41 bits per heavy atom. The number of nitrogens with one attached hydrogen (secondary N) is 1. The molecule has 1 aliphatic heterocycles. The predicted molar refractivity (Wildman–Crippen MR) is 108 cm³/mol. The van der Waals surface area contributed by atoms with Crippen LogP contribution in [0.15, 0.2) is 18.2 Å². The molecule has 2 aliphatic rings. The lowest BCUT2D eigenvalue weighted by atomic mass is 10.0. The van der Waals surface area contributed by atoms with Crippen LogP contribution in [-0.2, 0) is 9.53 Å². The van der Waals surface area contributed by atoms with E-state index in [1.807, 2.05) is 18.2 Å². The highest BCUT2D eigenvalue weighted by Gasteiger charge is 2.46. The minimum absolute atomic E-state index is 0. The lowest BCUT2D eigenvalue weighted by Gasteiger charge is -2.35. The highest BCUT2D eigenvalue weighted by Crippen LogP contribution is 2.34. The zero-order valence-corrected chi connectivity index (χ0v) is 17.4. The number of nitrogens with two attached hydrogens (primary N) is 1. The van der Waals surface area contributed by atoms with Gasteiger partial charge in [-0.1, -0.05) is 6.07 Å². The maximum atomic E-state index is 12.2. The fraction of sp³-hybridized carbons (Fsp3) is 0.611. The van der Waals surface area contributed by atoms with E-state index in [2.05, 4.69) is 10.2 Å². The van der Waals surface area contributed by atoms with Crippen LogP contribution >= 0.6 is 24.8 Å².